The van der Waals surface area contributed by atoms with Crippen molar-refractivity contribution in [1.82, 2.24) is 0 Å². The van der Waals surface area contributed by atoms with Gasteiger partial charge in [0.2, 0.25) is 0 Å². The zero-order chi connectivity index (χ0) is 24.2. The Labute approximate surface area is 207 Å². The first-order valence-electron chi connectivity index (χ1n) is 13.2. The van der Waals surface area contributed by atoms with Gasteiger partial charge in [0.25, 0.3) is 0 Å². The van der Waals surface area contributed by atoms with Gasteiger partial charge in [0, 0.05) is 6.61 Å². The standard InChI is InChI=1S/C32H42O2/c1-4-7-8-9-11-25-13-15-27(16-14-25)24-34-30-18-20-32(29(6-3)23-30)31-19-17-26(12-10-21-33)22-28(31)5-2/h13-20,22-23,33H,4-12,21,24H2,1-3H3. The maximum Gasteiger partial charge on any atom is 0.120 e. The molecule has 2 nitrogen and oxygen atoms in total. The molecule has 0 atom stereocenters. The van der Waals surface area contributed by atoms with Crippen LogP contribution in [-0.4, -0.2) is 11.7 Å². The largest absolute Gasteiger partial charge is 0.489 e. The first kappa shape index (κ1) is 26.0. The number of aliphatic hydroxyl groups excluding tert-OH is 1. The summed E-state index contributed by atoms with van der Waals surface area (Å²) >= 11 is 0. The molecule has 182 valence electrons. The van der Waals surface area contributed by atoms with Gasteiger partial charge < -0.3 is 9.84 Å². The van der Waals surface area contributed by atoms with Gasteiger partial charge in [-0.25, -0.2) is 0 Å². The first-order valence-corrected chi connectivity index (χ1v) is 13.2. The number of hydrogen-bond acceptors (Lipinski definition) is 2. The second-order valence-electron chi connectivity index (χ2n) is 9.26. The van der Waals surface area contributed by atoms with Gasteiger partial charge in [-0.05, 0) is 89.6 Å². The maximum atomic E-state index is 9.15. The summed E-state index contributed by atoms with van der Waals surface area (Å²) in [6.45, 7) is 7.52. The van der Waals surface area contributed by atoms with Gasteiger partial charge >= 0.3 is 0 Å². The summed E-state index contributed by atoms with van der Waals surface area (Å²) in [5, 5.41) is 9.15. The molecule has 0 aliphatic carbocycles. The van der Waals surface area contributed by atoms with E-state index < -0.39 is 0 Å². The van der Waals surface area contributed by atoms with Crippen molar-refractivity contribution in [1.29, 1.82) is 0 Å². The maximum absolute atomic E-state index is 9.15. The van der Waals surface area contributed by atoms with Crippen molar-refractivity contribution in [3.05, 3.63) is 88.5 Å². The Bertz CT molecular complexity index is 1000. The quantitative estimate of drug-likeness (QED) is 0.247. The van der Waals surface area contributed by atoms with Crippen LogP contribution in [0.25, 0.3) is 11.1 Å². The number of rotatable bonds is 14. The SMILES string of the molecule is CCCCCCc1ccc(COc2ccc(-c3ccc(CCCO)cc3CC)c(CC)c2)cc1. The molecule has 0 saturated carbocycles. The Morgan fingerprint density at radius 2 is 1.24 bits per heavy atom. The van der Waals surface area contributed by atoms with Crippen LogP contribution in [-0.2, 0) is 32.3 Å². The van der Waals surface area contributed by atoms with E-state index in [4.69, 9.17) is 9.84 Å². The van der Waals surface area contributed by atoms with Crippen LogP contribution in [0.4, 0.5) is 0 Å². The molecule has 1 N–H and O–H groups in total. The lowest BCUT2D eigenvalue weighted by atomic mass is 9.91. The number of aryl methyl sites for hydroxylation is 4. The van der Waals surface area contributed by atoms with E-state index in [0.717, 1.165) is 31.4 Å². The fourth-order valence-electron chi connectivity index (χ4n) is 4.58. The number of hydrogen-bond donors (Lipinski definition) is 1. The average Bonchev–Trinajstić information content (AvgIpc) is 2.89. The Hall–Kier alpha value is -2.58. The van der Waals surface area contributed by atoms with E-state index >= 15 is 0 Å². The van der Waals surface area contributed by atoms with E-state index in [-0.39, 0.29) is 6.61 Å². The molecule has 0 aliphatic heterocycles. The smallest absolute Gasteiger partial charge is 0.120 e. The fraction of sp³-hybridized carbons (Fsp3) is 0.438. The van der Waals surface area contributed by atoms with E-state index in [0.29, 0.717) is 6.61 Å². The molecule has 3 aromatic carbocycles. The van der Waals surface area contributed by atoms with Gasteiger partial charge in [-0.15, -0.1) is 0 Å². The van der Waals surface area contributed by atoms with Crippen molar-refractivity contribution < 1.29 is 9.84 Å². The van der Waals surface area contributed by atoms with Crippen molar-refractivity contribution in [3.63, 3.8) is 0 Å². The van der Waals surface area contributed by atoms with Gasteiger partial charge in [-0.2, -0.15) is 0 Å². The normalized spacial score (nSPS) is 11.1. The molecule has 0 aliphatic rings. The summed E-state index contributed by atoms with van der Waals surface area (Å²) in [6.07, 6.45) is 10.1. The Kier molecular flexibility index (Phi) is 10.7. The summed E-state index contributed by atoms with van der Waals surface area (Å²) < 4.78 is 6.17. The van der Waals surface area contributed by atoms with Crippen molar-refractivity contribution in [2.24, 2.45) is 0 Å². The molecule has 34 heavy (non-hydrogen) atoms. The van der Waals surface area contributed by atoms with Crippen LogP contribution in [0.15, 0.2) is 60.7 Å². The lowest BCUT2D eigenvalue weighted by Gasteiger charge is -2.16. The minimum atomic E-state index is 0.244. The summed E-state index contributed by atoms with van der Waals surface area (Å²) in [7, 11) is 0. The molecule has 0 unspecified atom stereocenters. The number of benzene rings is 3. The van der Waals surface area contributed by atoms with Gasteiger partial charge in [0.1, 0.15) is 12.4 Å². The van der Waals surface area contributed by atoms with Crippen LogP contribution in [0.3, 0.4) is 0 Å². The Morgan fingerprint density at radius 3 is 1.91 bits per heavy atom. The highest BCUT2D eigenvalue weighted by molar-refractivity contribution is 5.72. The topological polar surface area (TPSA) is 29.5 Å². The number of ether oxygens (including phenoxy) is 1. The third-order valence-corrected chi connectivity index (χ3v) is 6.67. The van der Waals surface area contributed by atoms with E-state index in [2.05, 4.69) is 81.4 Å². The summed E-state index contributed by atoms with van der Waals surface area (Å²) in [5.74, 6) is 0.932. The van der Waals surface area contributed by atoms with Gasteiger partial charge in [0.05, 0.1) is 0 Å². The molecule has 0 amide bonds. The minimum Gasteiger partial charge on any atom is -0.489 e. The molecular formula is C32H42O2. The molecule has 0 saturated heterocycles. The lowest BCUT2D eigenvalue weighted by molar-refractivity contribution is 0.288. The van der Waals surface area contributed by atoms with Crippen molar-refractivity contribution in [3.8, 4) is 16.9 Å². The lowest BCUT2D eigenvalue weighted by Crippen LogP contribution is -1.99. The van der Waals surface area contributed by atoms with Crippen LogP contribution in [0, 0.1) is 0 Å². The predicted octanol–water partition coefficient (Wildman–Crippen LogP) is 8.11. The monoisotopic (exact) mass is 458 g/mol. The summed E-state index contributed by atoms with van der Waals surface area (Å²) in [6, 6.07) is 22.2. The molecule has 0 bridgehead atoms. The predicted molar refractivity (Wildman–Crippen MR) is 145 cm³/mol. The van der Waals surface area contributed by atoms with E-state index in [1.165, 1.54) is 71.0 Å². The Morgan fingerprint density at radius 1 is 0.618 bits per heavy atom. The second kappa shape index (κ2) is 14.0. The zero-order valence-electron chi connectivity index (χ0n) is 21.4. The highest BCUT2D eigenvalue weighted by atomic mass is 16.5. The molecule has 2 heteroatoms. The first-order chi connectivity index (χ1) is 16.7. The van der Waals surface area contributed by atoms with Crippen LogP contribution in [0.1, 0.15) is 80.7 Å². The molecule has 3 rings (SSSR count). The van der Waals surface area contributed by atoms with Crippen molar-refractivity contribution >= 4 is 0 Å². The van der Waals surface area contributed by atoms with Gasteiger partial charge in [-0.3, -0.25) is 0 Å². The molecule has 0 fully saturated rings. The zero-order valence-corrected chi connectivity index (χ0v) is 21.4. The van der Waals surface area contributed by atoms with Gasteiger partial charge in [0.15, 0.2) is 0 Å². The third-order valence-electron chi connectivity index (χ3n) is 6.67. The summed E-state index contributed by atoms with van der Waals surface area (Å²) in [5.41, 5.74) is 9.24. The molecular weight excluding hydrogens is 416 g/mol. The van der Waals surface area contributed by atoms with E-state index in [1.807, 2.05) is 0 Å². The van der Waals surface area contributed by atoms with Crippen molar-refractivity contribution in [2.45, 2.75) is 85.2 Å². The van der Waals surface area contributed by atoms with Crippen LogP contribution in [0.2, 0.25) is 0 Å². The van der Waals surface area contributed by atoms with Crippen LogP contribution >= 0.6 is 0 Å². The number of aliphatic hydroxyl groups is 1. The molecule has 0 aromatic heterocycles. The second-order valence-corrected chi connectivity index (χ2v) is 9.26. The molecule has 0 radical (unpaired) electrons. The molecule has 0 heterocycles. The van der Waals surface area contributed by atoms with E-state index in [9.17, 15) is 0 Å². The van der Waals surface area contributed by atoms with E-state index in [1.54, 1.807) is 0 Å². The van der Waals surface area contributed by atoms with Gasteiger partial charge in [-0.1, -0.05) is 88.6 Å². The molecule has 0 spiro atoms. The number of unbranched alkanes of at least 4 members (excludes halogenated alkanes) is 3. The Balaban J connectivity index is 1.66. The fourth-order valence-corrected chi connectivity index (χ4v) is 4.58. The van der Waals surface area contributed by atoms with Crippen molar-refractivity contribution in [2.75, 3.05) is 6.61 Å². The third kappa shape index (κ3) is 7.46. The van der Waals surface area contributed by atoms with Crippen LogP contribution in [0.5, 0.6) is 5.75 Å². The minimum absolute atomic E-state index is 0.244. The molecule has 3 aromatic rings. The average molecular weight is 459 g/mol. The van der Waals surface area contributed by atoms with Crippen LogP contribution < -0.4 is 4.74 Å². The highest BCUT2D eigenvalue weighted by Crippen LogP contribution is 2.32. The summed E-state index contributed by atoms with van der Waals surface area (Å²) in [4.78, 5) is 0. The highest BCUT2D eigenvalue weighted by Gasteiger charge is 2.11.